The summed E-state index contributed by atoms with van der Waals surface area (Å²) in [6, 6.07) is 6.67. The molecule has 1 amide bonds. The number of nitrogens with one attached hydrogen (secondary N) is 2. The summed E-state index contributed by atoms with van der Waals surface area (Å²) in [6.45, 7) is 8.40. The third-order valence-corrected chi connectivity index (χ3v) is 3.67. The van der Waals surface area contributed by atoms with Gasteiger partial charge in [-0.05, 0) is 59.1 Å². The number of amides is 1. The van der Waals surface area contributed by atoms with Crippen LogP contribution in [0, 0.1) is 6.92 Å². The first-order valence-corrected chi connectivity index (χ1v) is 7.97. The van der Waals surface area contributed by atoms with Crippen molar-refractivity contribution < 1.29 is 9.53 Å². The Morgan fingerprint density at radius 3 is 2.73 bits per heavy atom. The number of carbonyl (C=O) groups excluding carboxylic acids is 1. The van der Waals surface area contributed by atoms with Gasteiger partial charge in [-0.15, -0.1) is 0 Å². The second kappa shape index (κ2) is 7.09. The molecule has 2 N–H and O–H groups in total. The van der Waals surface area contributed by atoms with Gasteiger partial charge < -0.3 is 15.4 Å². The Labute approximate surface area is 132 Å². The van der Waals surface area contributed by atoms with E-state index in [0.29, 0.717) is 6.04 Å². The summed E-state index contributed by atoms with van der Waals surface area (Å²) in [6.07, 6.45) is 2.66. The Hall–Kier alpha value is -1.62. The predicted molar refractivity (Wildman–Crippen MR) is 86.6 cm³/mol. The molecule has 122 valence electrons. The minimum Gasteiger partial charge on any atom is -0.444 e. The van der Waals surface area contributed by atoms with E-state index in [1.165, 1.54) is 0 Å². The van der Waals surface area contributed by atoms with Gasteiger partial charge in [0.25, 0.3) is 0 Å². The highest BCUT2D eigenvalue weighted by atomic mass is 16.6. The van der Waals surface area contributed by atoms with Crippen molar-refractivity contribution in [2.24, 2.45) is 0 Å². The van der Waals surface area contributed by atoms with E-state index in [0.717, 1.165) is 37.2 Å². The molecule has 1 fully saturated rings. The largest absolute Gasteiger partial charge is 0.444 e. The van der Waals surface area contributed by atoms with Crippen LogP contribution in [0.2, 0.25) is 0 Å². The summed E-state index contributed by atoms with van der Waals surface area (Å²) in [7, 11) is 0. The molecule has 0 saturated heterocycles. The van der Waals surface area contributed by atoms with Crippen molar-refractivity contribution in [1.29, 1.82) is 0 Å². The fourth-order valence-corrected chi connectivity index (χ4v) is 2.72. The topological polar surface area (TPSA) is 63.2 Å². The van der Waals surface area contributed by atoms with Crippen LogP contribution in [0.3, 0.4) is 0 Å². The summed E-state index contributed by atoms with van der Waals surface area (Å²) in [5, 5.41) is 6.48. The molecule has 0 spiro atoms. The lowest BCUT2D eigenvalue weighted by Gasteiger charge is -2.21. The number of carbonyl (C=O) groups is 1. The lowest BCUT2D eigenvalue weighted by molar-refractivity contribution is 0.0505. The molecule has 22 heavy (non-hydrogen) atoms. The van der Waals surface area contributed by atoms with Crippen LogP contribution in [0.15, 0.2) is 18.2 Å². The van der Waals surface area contributed by atoms with Crippen LogP contribution in [0.1, 0.15) is 51.4 Å². The molecule has 2 rings (SSSR count). The highest BCUT2D eigenvalue weighted by Crippen LogP contribution is 2.20. The molecule has 5 heteroatoms. The van der Waals surface area contributed by atoms with E-state index in [-0.39, 0.29) is 12.1 Å². The van der Waals surface area contributed by atoms with E-state index < -0.39 is 5.60 Å². The zero-order chi connectivity index (χ0) is 16.2. The Balaban J connectivity index is 1.72. The first-order chi connectivity index (χ1) is 10.3. The third kappa shape index (κ3) is 5.64. The highest BCUT2D eigenvalue weighted by Gasteiger charge is 2.27. The van der Waals surface area contributed by atoms with Crippen LogP contribution in [-0.4, -0.2) is 28.8 Å². The molecule has 0 aromatic carbocycles. The maximum atomic E-state index is 11.8. The summed E-state index contributed by atoms with van der Waals surface area (Å²) < 4.78 is 5.30. The van der Waals surface area contributed by atoms with Gasteiger partial charge in [0.05, 0.1) is 5.69 Å². The maximum Gasteiger partial charge on any atom is 0.407 e. The van der Waals surface area contributed by atoms with E-state index in [2.05, 4.69) is 15.6 Å². The summed E-state index contributed by atoms with van der Waals surface area (Å²) in [5.74, 6) is 0. The maximum absolute atomic E-state index is 11.8. The standard InChI is InChI=1S/C17H27N3O2/c1-12-6-5-7-15(19-12)11-18-13-8-9-14(10-13)20-16(21)22-17(2,3)4/h5-7,13-14,18H,8-11H2,1-4H3,(H,20,21). The minimum atomic E-state index is -0.447. The fraction of sp³-hybridized carbons (Fsp3) is 0.647. The van der Waals surface area contributed by atoms with Crippen molar-refractivity contribution >= 4 is 6.09 Å². The smallest absolute Gasteiger partial charge is 0.407 e. The number of alkyl carbamates (subject to hydrolysis) is 1. The Morgan fingerprint density at radius 1 is 1.32 bits per heavy atom. The molecular formula is C17H27N3O2. The monoisotopic (exact) mass is 305 g/mol. The SMILES string of the molecule is Cc1cccc(CNC2CCC(NC(=O)OC(C)(C)C)C2)n1. The second-order valence-corrected chi connectivity index (χ2v) is 7.00. The van der Waals surface area contributed by atoms with Gasteiger partial charge in [0, 0.05) is 24.3 Å². The molecule has 0 aliphatic heterocycles. The molecular weight excluding hydrogens is 278 g/mol. The lowest BCUT2D eigenvalue weighted by Crippen LogP contribution is -2.39. The van der Waals surface area contributed by atoms with Crippen LogP contribution in [0.5, 0.6) is 0 Å². The summed E-state index contributed by atoms with van der Waals surface area (Å²) in [5.41, 5.74) is 1.65. The van der Waals surface area contributed by atoms with Gasteiger partial charge in [0.2, 0.25) is 0 Å². The van der Waals surface area contributed by atoms with Crippen molar-refractivity contribution in [2.75, 3.05) is 0 Å². The minimum absolute atomic E-state index is 0.192. The summed E-state index contributed by atoms with van der Waals surface area (Å²) >= 11 is 0. The molecule has 0 radical (unpaired) electrons. The van der Waals surface area contributed by atoms with Gasteiger partial charge in [-0.3, -0.25) is 4.98 Å². The quantitative estimate of drug-likeness (QED) is 0.898. The van der Waals surface area contributed by atoms with Crippen molar-refractivity contribution in [2.45, 2.75) is 71.2 Å². The zero-order valence-electron chi connectivity index (χ0n) is 14.0. The molecule has 0 bridgehead atoms. The predicted octanol–water partition coefficient (Wildman–Crippen LogP) is 2.93. The average Bonchev–Trinajstić information content (AvgIpc) is 2.81. The van der Waals surface area contributed by atoms with E-state index in [4.69, 9.17) is 4.74 Å². The number of rotatable bonds is 4. The molecule has 5 nitrogen and oxygen atoms in total. The molecule has 1 aromatic heterocycles. The number of ether oxygens (including phenoxy) is 1. The number of pyridine rings is 1. The van der Waals surface area contributed by atoms with Crippen LogP contribution in [-0.2, 0) is 11.3 Å². The van der Waals surface area contributed by atoms with Gasteiger partial charge in [0.15, 0.2) is 0 Å². The van der Waals surface area contributed by atoms with E-state index in [9.17, 15) is 4.79 Å². The van der Waals surface area contributed by atoms with Crippen molar-refractivity contribution in [3.63, 3.8) is 0 Å². The van der Waals surface area contributed by atoms with Crippen LogP contribution in [0.4, 0.5) is 4.79 Å². The molecule has 1 saturated carbocycles. The Morgan fingerprint density at radius 2 is 2.05 bits per heavy atom. The van der Waals surface area contributed by atoms with Gasteiger partial charge >= 0.3 is 6.09 Å². The van der Waals surface area contributed by atoms with Gasteiger partial charge in [-0.2, -0.15) is 0 Å². The van der Waals surface area contributed by atoms with Crippen molar-refractivity contribution in [3.8, 4) is 0 Å². The second-order valence-electron chi connectivity index (χ2n) is 7.00. The lowest BCUT2D eigenvalue weighted by atomic mass is 10.2. The average molecular weight is 305 g/mol. The van der Waals surface area contributed by atoms with E-state index in [1.54, 1.807) is 0 Å². The van der Waals surface area contributed by atoms with E-state index >= 15 is 0 Å². The van der Waals surface area contributed by atoms with E-state index in [1.807, 2.05) is 45.9 Å². The molecule has 1 aliphatic rings. The number of hydrogen-bond acceptors (Lipinski definition) is 4. The van der Waals surface area contributed by atoms with Gasteiger partial charge in [0.1, 0.15) is 5.60 Å². The van der Waals surface area contributed by atoms with Crippen LogP contribution >= 0.6 is 0 Å². The molecule has 1 aliphatic carbocycles. The third-order valence-electron chi connectivity index (χ3n) is 3.67. The number of aryl methyl sites for hydroxylation is 1. The van der Waals surface area contributed by atoms with Crippen molar-refractivity contribution in [1.82, 2.24) is 15.6 Å². The molecule has 2 atom stereocenters. The number of aromatic nitrogens is 1. The number of nitrogens with zero attached hydrogens (tertiary/aromatic N) is 1. The first kappa shape index (κ1) is 16.7. The van der Waals surface area contributed by atoms with Crippen molar-refractivity contribution in [3.05, 3.63) is 29.6 Å². The Kier molecular flexibility index (Phi) is 5.40. The first-order valence-electron chi connectivity index (χ1n) is 7.97. The molecule has 1 aromatic rings. The number of hydrogen-bond donors (Lipinski definition) is 2. The van der Waals surface area contributed by atoms with Crippen LogP contribution < -0.4 is 10.6 Å². The highest BCUT2D eigenvalue weighted by molar-refractivity contribution is 5.68. The van der Waals surface area contributed by atoms with Gasteiger partial charge in [-0.25, -0.2) is 4.79 Å². The molecule has 2 unspecified atom stereocenters. The Bertz CT molecular complexity index is 511. The fourth-order valence-electron chi connectivity index (χ4n) is 2.72. The van der Waals surface area contributed by atoms with Gasteiger partial charge in [-0.1, -0.05) is 6.07 Å². The molecule has 1 heterocycles. The normalized spacial score (nSPS) is 21.6. The van der Waals surface area contributed by atoms with Crippen LogP contribution in [0.25, 0.3) is 0 Å². The zero-order valence-corrected chi connectivity index (χ0v) is 14.0. The summed E-state index contributed by atoms with van der Waals surface area (Å²) in [4.78, 5) is 16.3.